The molecule has 0 aliphatic rings. The Kier molecular flexibility index (Phi) is 4.44. The molecule has 5 N–H and O–H groups in total. The van der Waals surface area contributed by atoms with Crippen LogP contribution in [0.15, 0.2) is 23.1 Å². The Morgan fingerprint density at radius 2 is 2.06 bits per heavy atom. The monoisotopic (exact) mass is 271 g/mol. The van der Waals surface area contributed by atoms with Crippen molar-refractivity contribution in [3.05, 3.63) is 23.8 Å². The van der Waals surface area contributed by atoms with Gasteiger partial charge in [-0.1, -0.05) is 13.0 Å². The summed E-state index contributed by atoms with van der Waals surface area (Å²) in [6, 6.07) is 3.88. The third-order valence-corrected chi connectivity index (χ3v) is 3.68. The van der Waals surface area contributed by atoms with Gasteiger partial charge in [0, 0.05) is 5.69 Å². The third kappa shape index (κ3) is 3.28. The molecule has 100 valence electrons. The molecule has 0 spiro atoms. The van der Waals surface area contributed by atoms with Crippen molar-refractivity contribution in [1.29, 1.82) is 0 Å². The summed E-state index contributed by atoms with van der Waals surface area (Å²) in [7, 11) is -3.80. The second kappa shape index (κ2) is 5.47. The summed E-state index contributed by atoms with van der Waals surface area (Å²) in [5, 5.41) is 7.67. The van der Waals surface area contributed by atoms with Gasteiger partial charge in [-0.25, -0.2) is 13.6 Å². The van der Waals surface area contributed by atoms with E-state index in [0.29, 0.717) is 17.7 Å². The Morgan fingerprint density at radius 1 is 1.44 bits per heavy atom. The van der Waals surface area contributed by atoms with Crippen molar-refractivity contribution in [1.82, 2.24) is 0 Å². The number of carbonyl (C=O) groups is 1. The molecule has 1 aromatic rings. The van der Waals surface area contributed by atoms with Crippen LogP contribution in [0.4, 0.5) is 5.69 Å². The first-order valence-corrected chi connectivity index (χ1v) is 7.00. The summed E-state index contributed by atoms with van der Waals surface area (Å²) >= 11 is 0. The zero-order valence-corrected chi connectivity index (χ0v) is 11.1. The molecule has 7 heteroatoms. The minimum absolute atomic E-state index is 0.00892. The Labute approximate surface area is 106 Å². The van der Waals surface area contributed by atoms with Crippen molar-refractivity contribution in [2.75, 3.05) is 5.32 Å². The lowest BCUT2D eigenvalue weighted by molar-refractivity contribution is -0.117. The van der Waals surface area contributed by atoms with Crippen molar-refractivity contribution in [2.45, 2.75) is 31.2 Å². The van der Waals surface area contributed by atoms with Crippen molar-refractivity contribution in [3.8, 4) is 0 Å². The van der Waals surface area contributed by atoms with Crippen molar-refractivity contribution < 1.29 is 13.2 Å². The van der Waals surface area contributed by atoms with E-state index in [1.54, 1.807) is 19.9 Å². The van der Waals surface area contributed by atoms with Crippen LogP contribution in [0.2, 0.25) is 0 Å². The molecule has 0 fully saturated rings. The molecule has 1 rings (SSSR count). The molecule has 1 atom stereocenters. The molecule has 0 aliphatic heterocycles. The van der Waals surface area contributed by atoms with Gasteiger partial charge in [-0.2, -0.15) is 0 Å². The van der Waals surface area contributed by atoms with Crippen LogP contribution in [0.1, 0.15) is 18.9 Å². The van der Waals surface area contributed by atoms with E-state index < -0.39 is 16.1 Å². The Morgan fingerprint density at radius 3 is 2.56 bits per heavy atom. The number of amides is 1. The van der Waals surface area contributed by atoms with Crippen LogP contribution >= 0.6 is 0 Å². The van der Waals surface area contributed by atoms with Gasteiger partial charge in [-0.3, -0.25) is 4.79 Å². The van der Waals surface area contributed by atoms with Gasteiger partial charge in [0.25, 0.3) is 0 Å². The quantitative estimate of drug-likeness (QED) is 0.731. The lowest BCUT2D eigenvalue weighted by Crippen LogP contribution is -2.35. The summed E-state index contributed by atoms with van der Waals surface area (Å²) in [5.74, 6) is -0.354. The number of hydrogen-bond acceptors (Lipinski definition) is 4. The highest BCUT2D eigenvalue weighted by molar-refractivity contribution is 7.89. The summed E-state index contributed by atoms with van der Waals surface area (Å²) < 4.78 is 22.6. The van der Waals surface area contributed by atoms with E-state index in [0.717, 1.165) is 0 Å². The fourth-order valence-electron chi connectivity index (χ4n) is 1.47. The summed E-state index contributed by atoms with van der Waals surface area (Å²) in [4.78, 5) is 11.6. The van der Waals surface area contributed by atoms with E-state index >= 15 is 0 Å². The molecule has 6 nitrogen and oxygen atoms in total. The molecular weight excluding hydrogens is 254 g/mol. The Hall–Kier alpha value is -1.44. The largest absolute Gasteiger partial charge is 0.324 e. The van der Waals surface area contributed by atoms with E-state index in [9.17, 15) is 13.2 Å². The van der Waals surface area contributed by atoms with Crippen LogP contribution in [0, 0.1) is 6.92 Å². The van der Waals surface area contributed by atoms with Gasteiger partial charge in [-0.15, -0.1) is 0 Å². The Balaban J connectivity index is 3.10. The summed E-state index contributed by atoms with van der Waals surface area (Å²) in [6.07, 6.45) is 0.500. The highest BCUT2D eigenvalue weighted by Gasteiger charge is 2.16. The first kappa shape index (κ1) is 14.6. The fraction of sp³-hybridized carbons (Fsp3) is 0.364. The van der Waals surface area contributed by atoms with E-state index in [2.05, 4.69) is 5.32 Å². The molecule has 0 aliphatic carbocycles. The van der Waals surface area contributed by atoms with E-state index in [-0.39, 0.29) is 10.8 Å². The maximum absolute atomic E-state index is 11.6. The highest BCUT2D eigenvalue weighted by Crippen LogP contribution is 2.22. The summed E-state index contributed by atoms with van der Waals surface area (Å²) in [6.45, 7) is 3.37. The normalized spacial score (nSPS) is 13.1. The second-order valence-corrected chi connectivity index (χ2v) is 5.51. The average molecular weight is 271 g/mol. The molecule has 18 heavy (non-hydrogen) atoms. The molecule has 1 amide bonds. The summed E-state index contributed by atoms with van der Waals surface area (Å²) in [5.41, 5.74) is 6.38. The number of sulfonamides is 1. The van der Waals surface area contributed by atoms with Gasteiger partial charge in [0.1, 0.15) is 0 Å². The predicted octanol–water partition coefficient (Wildman–Crippen LogP) is 0.318. The van der Waals surface area contributed by atoms with Crippen LogP contribution in [0.3, 0.4) is 0 Å². The molecule has 0 saturated carbocycles. The van der Waals surface area contributed by atoms with Gasteiger partial charge in [0.15, 0.2) is 0 Å². The number of carbonyl (C=O) groups excluding carboxylic acids is 1. The molecule has 0 bridgehead atoms. The molecular formula is C11H17N3O3S. The van der Waals surface area contributed by atoms with Gasteiger partial charge in [0.05, 0.1) is 10.9 Å². The molecule has 0 aromatic heterocycles. The van der Waals surface area contributed by atoms with Crippen molar-refractivity contribution in [3.63, 3.8) is 0 Å². The lowest BCUT2D eigenvalue weighted by atomic mass is 10.1. The number of hydrogen-bond donors (Lipinski definition) is 3. The average Bonchev–Trinajstić information content (AvgIpc) is 2.29. The second-order valence-electron chi connectivity index (χ2n) is 3.98. The van der Waals surface area contributed by atoms with E-state index in [1.807, 2.05) is 0 Å². The molecule has 0 radical (unpaired) electrons. The van der Waals surface area contributed by atoms with Gasteiger partial charge in [-0.05, 0) is 31.0 Å². The lowest BCUT2D eigenvalue weighted by Gasteiger charge is -2.13. The highest BCUT2D eigenvalue weighted by atomic mass is 32.2. The van der Waals surface area contributed by atoms with Crippen LogP contribution in [-0.4, -0.2) is 20.4 Å². The van der Waals surface area contributed by atoms with E-state index in [4.69, 9.17) is 10.9 Å². The smallest absolute Gasteiger partial charge is 0.241 e. The van der Waals surface area contributed by atoms with Crippen LogP contribution < -0.4 is 16.2 Å². The minimum atomic E-state index is -3.80. The number of benzene rings is 1. The van der Waals surface area contributed by atoms with Crippen molar-refractivity contribution >= 4 is 21.6 Å². The zero-order chi connectivity index (χ0) is 13.9. The Bertz CT molecular complexity index is 555. The third-order valence-electron chi connectivity index (χ3n) is 2.63. The zero-order valence-electron chi connectivity index (χ0n) is 10.3. The van der Waals surface area contributed by atoms with Gasteiger partial charge in [0.2, 0.25) is 15.9 Å². The number of anilines is 1. The topological polar surface area (TPSA) is 115 Å². The van der Waals surface area contributed by atoms with Crippen molar-refractivity contribution in [2.24, 2.45) is 10.9 Å². The molecule has 0 heterocycles. The van der Waals surface area contributed by atoms with Gasteiger partial charge >= 0.3 is 0 Å². The maximum atomic E-state index is 11.6. The first-order chi connectivity index (χ1) is 8.27. The fourth-order valence-corrected chi connectivity index (χ4v) is 2.27. The SMILES string of the molecule is CC[C@@H](N)C(=O)Nc1cccc(S(N)(=O)=O)c1C. The molecule has 1 aromatic carbocycles. The number of nitrogens with two attached hydrogens (primary N) is 2. The van der Waals surface area contributed by atoms with Crippen LogP contribution in [0.25, 0.3) is 0 Å². The molecule has 0 unspecified atom stereocenters. The predicted molar refractivity (Wildman–Crippen MR) is 69.4 cm³/mol. The van der Waals surface area contributed by atoms with E-state index in [1.165, 1.54) is 12.1 Å². The molecule has 0 saturated heterocycles. The number of primary sulfonamides is 1. The number of rotatable bonds is 4. The van der Waals surface area contributed by atoms with Gasteiger partial charge < -0.3 is 11.1 Å². The first-order valence-electron chi connectivity index (χ1n) is 5.46. The standard InChI is InChI=1S/C11H17N3O3S/c1-3-8(12)11(15)14-9-5-4-6-10(7(9)2)18(13,16)17/h4-6,8H,3,12H2,1-2H3,(H,14,15)(H2,13,16,17)/t8-/m1/s1. The minimum Gasteiger partial charge on any atom is -0.324 e. The van der Waals surface area contributed by atoms with Crippen LogP contribution in [-0.2, 0) is 14.8 Å². The number of nitrogens with one attached hydrogen (secondary N) is 1. The maximum Gasteiger partial charge on any atom is 0.241 e. The van der Waals surface area contributed by atoms with Crippen LogP contribution in [0.5, 0.6) is 0 Å².